The molecule has 0 aliphatic carbocycles. The van der Waals surface area contributed by atoms with Gasteiger partial charge < -0.3 is 30.3 Å². The van der Waals surface area contributed by atoms with Crippen LogP contribution in [0.5, 0.6) is 0 Å². The predicted octanol–water partition coefficient (Wildman–Crippen LogP) is 3.60. The van der Waals surface area contributed by atoms with Crippen LogP contribution >= 0.6 is 0 Å². The van der Waals surface area contributed by atoms with E-state index in [4.69, 9.17) is 19.7 Å². The molecule has 17 heteroatoms. The smallest absolute Gasteiger partial charge is 0.410 e. The molecule has 0 radical (unpaired) electrons. The van der Waals surface area contributed by atoms with E-state index in [-0.39, 0.29) is 43.5 Å². The van der Waals surface area contributed by atoms with Gasteiger partial charge in [0.05, 0.1) is 13.1 Å². The van der Waals surface area contributed by atoms with Gasteiger partial charge in [0.25, 0.3) is 0 Å². The number of aliphatic carboxylic acids is 2. The molecule has 17 nitrogen and oxygen atoms in total. The van der Waals surface area contributed by atoms with Crippen molar-refractivity contribution in [2.24, 2.45) is 30.7 Å². The SMILES string of the molecule is CC1(CCN(CC(=O)O)C(=O)OC(C)(C)C)N=N1.CC1(CCNCC(=O)O)N=N1.CC1(CCNCC(=O)OC(C)(C)C)N=N1. The Labute approximate surface area is 258 Å². The molecule has 0 atom stereocenters. The van der Waals surface area contributed by atoms with Crippen molar-refractivity contribution in [3.63, 3.8) is 0 Å². The second-order valence-electron chi connectivity index (χ2n) is 13.1. The van der Waals surface area contributed by atoms with Gasteiger partial charge in [0, 0.05) is 25.8 Å². The third kappa shape index (κ3) is 20.3. The van der Waals surface area contributed by atoms with E-state index in [1.54, 1.807) is 20.8 Å². The Morgan fingerprint density at radius 1 is 0.659 bits per heavy atom. The topological polar surface area (TPSA) is 229 Å². The lowest BCUT2D eigenvalue weighted by Crippen LogP contribution is -2.41. The number of nitrogens with one attached hydrogen (secondary N) is 2. The Balaban J connectivity index is 0.000000339. The lowest BCUT2D eigenvalue weighted by Gasteiger charge is -2.26. The average molecular weight is 628 g/mol. The molecule has 3 aliphatic heterocycles. The molecular formula is C27H49N9O8. The summed E-state index contributed by atoms with van der Waals surface area (Å²) in [6.07, 6.45) is 1.48. The summed E-state index contributed by atoms with van der Waals surface area (Å²) >= 11 is 0. The highest BCUT2D eigenvalue weighted by Crippen LogP contribution is 2.31. The number of esters is 1. The van der Waals surface area contributed by atoms with Gasteiger partial charge in [-0.05, 0) is 75.4 Å². The largest absolute Gasteiger partial charge is 0.480 e. The number of amides is 1. The molecule has 250 valence electrons. The summed E-state index contributed by atoms with van der Waals surface area (Å²) in [6.45, 7) is 18.0. The summed E-state index contributed by atoms with van der Waals surface area (Å²) in [4.78, 5) is 45.0. The number of nitrogens with zero attached hydrogens (tertiary/aromatic N) is 7. The molecule has 0 fully saturated rings. The zero-order chi connectivity index (χ0) is 33.8. The first-order valence-corrected chi connectivity index (χ1v) is 14.4. The third-order valence-corrected chi connectivity index (χ3v) is 5.67. The minimum atomic E-state index is -1.07. The summed E-state index contributed by atoms with van der Waals surface area (Å²) in [5.41, 5.74) is -1.93. The van der Waals surface area contributed by atoms with E-state index >= 15 is 0 Å². The van der Waals surface area contributed by atoms with Crippen molar-refractivity contribution in [3.8, 4) is 0 Å². The summed E-state index contributed by atoms with van der Waals surface area (Å²) in [5, 5.41) is 45.8. The monoisotopic (exact) mass is 627 g/mol. The molecule has 3 aliphatic rings. The van der Waals surface area contributed by atoms with E-state index in [1.165, 1.54) is 0 Å². The lowest BCUT2D eigenvalue weighted by atomic mass is 10.2. The Morgan fingerprint density at radius 3 is 1.43 bits per heavy atom. The molecule has 0 aromatic carbocycles. The van der Waals surface area contributed by atoms with Crippen LogP contribution in [0.4, 0.5) is 4.79 Å². The van der Waals surface area contributed by atoms with Crippen molar-refractivity contribution in [3.05, 3.63) is 0 Å². The van der Waals surface area contributed by atoms with Crippen molar-refractivity contribution in [1.82, 2.24) is 15.5 Å². The van der Waals surface area contributed by atoms with Crippen molar-refractivity contribution in [2.75, 3.05) is 39.3 Å². The molecule has 3 heterocycles. The maximum Gasteiger partial charge on any atom is 0.410 e. The first-order chi connectivity index (χ1) is 20.0. The Hall–Kier alpha value is -3.60. The van der Waals surface area contributed by atoms with Crippen LogP contribution in [0, 0.1) is 0 Å². The van der Waals surface area contributed by atoms with Crippen molar-refractivity contribution >= 4 is 24.0 Å². The zero-order valence-corrected chi connectivity index (χ0v) is 27.3. The van der Waals surface area contributed by atoms with Gasteiger partial charge >= 0.3 is 24.0 Å². The fourth-order valence-electron chi connectivity index (χ4n) is 3.04. The maximum absolute atomic E-state index is 11.8. The number of hydrogen-bond acceptors (Lipinski definition) is 14. The number of hydrogen-bond donors (Lipinski definition) is 4. The first-order valence-electron chi connectivity index (χ1n) is 14.4. The fraction of sp³-hybridized carbons (Fsp3) is 0.852. The Kier molecular flexibility index (Phi) is 13.9. The van der Waals surface area contributed by atoms with Crippen LogP contribution in [0.3, 0.4) is 0 Å². The molecule has 0 bridgehead atoms. The maximum atomic E-state index is 11.8. The molecular weight excluding hydrogens is 578 g/mol. The molecule has 0 aromatic heterocycles. The summed E-state index contributed by atoms with van der Waals surface area (Å²) < 4.78 is 10.3. The lowest BCUT2D eigenvalue weighted by molar-refractivity contribution is -0.153. The summed E-state index contributed by atoms with van der Waals surface area (Å²) in [6, 6.07) is 0. The number of ether oxygens (including phenoxy) is 2. The number of carboxylic acid groups (broad SMARTS) is 2. The molecule has 44 heavy (non-hydrogen) atoms. The second kappa shape index (κ2) is 15.9. The van der Waals surface area contributed by atoms with Crippen LogP contribution in [0.25, 0.3) is 0 Å². The number of carbonyl (C=O) groups is 4. The van der Waals surface area contributed by atoms with Crippen LogP contribution in [-0.2, 0) is 23.9 Å². The number of carbonyl (C=O) groups excluding carboxylic acids is 2. The summed E-state index contributed by atoms with van der Waals surface area (Å²) in [5.74, 6) is -2.13. The van der Waals surface area contributed by atoms with Crippen molar-refractivity contribution < 1.29 is 38.9 Å². The minimum Gasteiger partial charge on any atom is -0.480 e. The van der Waals surface area contributed by atoms with Gasteiger partial charge in [-0.15, -0.1) is 0 Å². The molecule has 4 N–H and O–H groups in total. The molecule has 0 saturated carbocycles. The van der Waals surface area contributed by atoms with Gasteiger partial charge in [-0.2, -0.15) is 30.7 Å². The van der Waals surface area contributed by atoms with E-state index in [2.05, 4.69) is 41.3 Å². The standard InChI is InChI=1S/C11H19N3O4.C10H19N3O2.C6H11N3O2/c1-10(2,3)18-9(17)14(7-8(15)16)6-5-11(4)12-13-11;1-9(2,3)15-8(14)7-11-6-5-10(4)12-13-10;1-6(8-9-6)2-3-7-4-5(10)11/h5-7H2,1-4H3,(H,15,16);11H,5-7H2,1-4H3;7H,2-4H2,1H3,(H,10,11). The quantitative estimate of drug-likeness (QED) is 0.152. The predicted molar refractivity (Wildman–Crippen MR) is 158 cm³/mol. The van der Waals surface area contributed by atoms with E-state index in [0.717, 1.165) is 24.3 Å². The van der Waals surface area contributed by atoms with E-state index in [1.807, 2.05) is 41.5 Å². The van der Waals surface area contributed by atoms with Gasteiger partial charge in [-0.25, -0.2) is 4.79 Å². The van der Waals surface area contributed by atoms with Crippen LogP contribution in [0.1, 0.15) is 81.6 Å². The van der Waals surface area contributed by atoms with Crippen molar-refractivity contribution in [2.45, 2.75) is 110 Å². The van der Waals surface area contributed by atoms with Gasteiger partial charge in [-0.1, -0.05) is 0 Å². The van der Waals surface area contributed by atoms with Gasteiger partial charge in [-0.3, -0.25) is 19.3 Å². The van der Waals surface area contributed by atoms with E-state index in [9.17, 15) is 19.2 Å². The average Bonchev–Trinajstić information content (AvgIpc) is 3.80. The molecule has 0 spiro atoms. The molecule has 1 amide bonds. The van der Waals surface area contributed by atoms with Gasteiger partial charge in [0.15, 0.2) is 17.0 Å². The molecule has 0 aromatic rings. The minimum absolute atomic E-state index is 0.01000. The fourth-order valence-corrected chi connectivity index (χ4v) is 3.04. The Morgan fingerprint density at radius 2 is 1.07 bits per heavy atom. The second-order valence-corrected chi connectivity index (χ2v) is 13.1. The van der Waals surface area contributed by atoms with Crippen LogP contribution in [0.15, 0.2) is 30.7 Å². The highest BCUT2D eigenvalue weighted by Gasteiger charge is 2.36. The van der Waals surface area contributed by atoms with Gasteiger partial charge in [0.2, 0.25) is 0 Å². The molecule has 3 rings (SSSR count). The highest BCUT2D eigenvalue weighted by atomic mass is 16.6. The first kappa shape index (κ1) is 38.4. The Bertz CT molecular complexity index is 1080. The van der Waals surface area contributed by atoms with Crippen molar-refractivity contribution in [1.29, 1.82) is 0 Å². The van der Waals surface area contributed by atoms with Crippen LogP contribution in [-0.4, -0.2) is 107 Å². The highest BCUT2D eigenvalue weighted by molar-refractivity contribution is 5.77. The van der Waals surface area contributed by atoms with Crippen LogP contribution < -0.4 is 10.6 Å². The van der Waals surface area contributed by atoms with E-state index in [0.29, 0.717) is 13.0 Å². The normalized spacial score (nSPS) is 17.2. The number of carboxylic acids is 2. The zero-order valence-electron chi connectivity index (χ0n) is 27.3. The van der Waals surface area contributed by atoms with E-state index < -0.39 is 34.9 Å². The number of rotatable bonds is 15. The molecule has 0 unspecified atom stereocenters. The van der Waals surface area contributed by atoms with Crippen LogP contribution in [0.2, 0.25) is 0 Å². The van der Waals surface area contributed by atoms with Gasteiger partial charge in [0.1, 0.15) is 17.7 Å². The summed E-state index contributed by atoms with van der Waals surface area (Å²) in [7, 11) is 0. The third-order valence-electron chi connectivity index (χ3n) is 5.67. The molecule has 0 saturated heterocycles.